The molecule has 1 aromatic heterocycles. The summed E-state index contributed by atoms with van der Waals surface area (Å²) in [5.74, 6) is -1.10. The van der Waals surface area contributed by atoms with Crippen molar-refractivity contribution in [2.24, 2.45) is 5.10 Å². The van der Waals surface area contributed by atoms with Crippen LogP contribution in [0.2, 0.25) is 0 Å². The summed E-state index contributed by atoms with van der Waals surface area (Å²) in [5.41, 5.74) is 3.23. The van der Waals surface area contributed by atoms with Gasteiger partial charge in [-0.3, -0.25) is 15.5 Å². The maximum Gasteiger partial charge on any atom is 0.355 e. The van der Waals surface area contributed by atoms with E-state index in [-0.39, 0.29) is 11.4 Å². The number of allylic oxidation sites excluding steroid dienone is 1. The molecule has 2 N–H and O–H groups in total. The fourth-order valence-corrected chi connectivity index (χ4v) is 2.09. The third-order valence-electron chi connectivity index (χ3n) is 2.41. The number of thiazole rings is 1. The lowest BCUT2D eigenvalue weighted by Gasteiger charge is -1.93. The Hall–Kier alpha value is -3.07. The highest BCUT2D eigenvalue weighted by Crippen LogP contribution is 2.15. The highest BCUT2D eigenvalue weighted by Gasteiger charge is 2.07. The number of non-ortho nitro benzene ring substituents is 1. The number of hydrogen-bond acceptors (Lipinski definition) is 7. The molecule has 2 rings (SSSR count). The monoisotopic (exact) mass is 318 g/mol. The molecule has 0 spiro atoms. The molecule has 0 radical (unpaired) electrons. The van der Waals surface area contributed by atoms with Crippen LogP contribution in [-0.4, -0.2) is 27.2 Å². The van der Waals surface area contributed by atoms with Gasteiger partial charge in [0, 0.05) is 23.7 Å². The predicted octanol–water partition coefficient (Wildman–Crippen LogP) is 2.86. The predicted molar refractivity (Wildman–Crippen MR) is 83.3 cm³/mol. The average molecular weight is 318 g/mol. The number of carboxylic acids is 1. The first-order valence-corrected chi connectivity index (χ1v) is 6.83. The van der Waals surface area contributed by atoms with Crippen molar-refractivity contribution in [2.75, 3.05) is 5.43 Å². The van der Waals surface area contributed by atoms with E-state index in [0.29, 0.717) is 10.7 Å². The minimum atomic E-state index is -1.10. The molecule has 0 saturated heterocycles. The van der Waals surface area contributed by atoms with Gasteiger partial charge in [-0.2, -0.15) is 5.10 Å². The lowest BCUT2D eigenvalue weighted by Crippen LogP contribution is -1.96. The first-order chi connectivity index (χ1) is 10.6. The van der Waals surface area contributed by atoms with Gasteiger partial charge in [0.25, 0.3) is 5.69 Å². The van der Waals surface area contributed by atoms with E-state index in [0.717, 1.165) is 11.3 Å². The molecular weight excluding hydrogens is 308 g/mol. The van der Waals surface area contributed by atoms with Gasteiger partial charge in [-0.1, -0.05) is 18.2 Å². The van der Waals surface area contributed by atoms with Gasteiger partial charge in [0.05, 0.1) is 4.92 Å². The second kappa shape index (κ2) is 7.09. The molecule has 0 amide bonds. The number of aromatic nitrogens is 1. The number of carbonyl (C=O) groups is 1. The Kier molecular flexibility index (Phi) is 4.94. The Balaban J connectivity index is 1.92. The van der Waals surface area contributed by atoms with Crippen molar-refractivity contribution in [3.05, 3.63) is 57.1 Å². The van der Waals surface area contributed by atoms with Crippen LogP contribution in [0.15, 0.2) is 40.8 Å². The SMILES string of the molecule is O=C(O)c1csc(N/N=C\C=C\c2cccc([N+](=O)[O-])c2)n1. The molecule has 0 unspecified atom stereocenters. The van der Waals surface area contributed by atoms with Gasteiger partial charge >= 0.3 is 5.97 Å². The van der Waals surface area contributed by atoms with Gasteiger partial charge in [-0.25, -0.2) is 9.78 Å². The number of nitrogens with one attached hydrogen (secondary N) is 1. The van der Waals surface area contributed by atoms with Gasteiger partial charge in [-0.15, -0.1) is 11.3 Å². The van der Waals surface area contributed by atoms with Crippen LogP contribution in [0.4, 0.5) is 10.8 Å². The molecule has 22 heavy (non-hydrogen) atoms. The summed E-state index contributed by atoms with van der Waals surface area (Å²) < 4.78 is 0. The van der Waals surface area contributed by atoms with E-state index in [4.69, 9.17) is 5.11 Å². The second-order valence-electron chi connectivity index (χ2n) is 3.94. The Bertz CT molecular complexity index is 754. The van der Waals surface area contributed by atoms with Gasteiger partial charge in [0.15, 0.2) is 5.69 Å². The smallest absolute Gasteiger partial charge is 0.355 e. The first-order valence-electron chi connectivity index (χ1n) is 5.95. The lowest BCUT2D eigenvalue weighted by atomic mass is 10.2. The van der Waals surface area contributed by atoms with Crippen LogP contribution in [0.25, 0.3) is 6.08 Å². The molecule has 0 bridgehead atoms. The Morgan fingerprint density at radius 2 is 2.32 bits per heavy atom. The van der Waals surface area contributed by atoms with E-state index in [1.165, 1.54) is 23.7 Å². The van der Waals surface area contributed by atoms with Crippen LogP contribution in [0, 0.1) is 10.1 Å². The maximum absolute atomic E-state index is 10.6. The van der Waals surface area contributed by atoms with Crippen LogP contribution >= 0.6 is 11.3 Å². The zero-order chi connectivity index (χ0) is 15.9. The van der Waals surface area contributed by atoms with Crippen LogP contribution in [0.3, 0.4) is 0 Å². The Labute approximate surface area is 128 Å². The van der Waals surface area contributed by atoms with Crippen LogP contribution in [0.5, 0.6) is 0 Å². The molecule has 8 nitrogen and oxygen atoms in total. The molecule has 0 aliphatic rings. The number of nitrogens with zero attached hydrogens (tertiary/aromatic N) is 3. The first kappa shape index (κ1) is 15.3. The van der Waals surface area contributed by atoms with Crippen LogP contribution < -0.4 is 5.43 Å². The van der Waals surface area contributed by atoms with E-state index >= 15 is 0 Å². The third-order valence-corrected chi connectivity index (χ3v) is 3.16. The number of nitro benzene ring substituents is 1. The van der Waals surface area contributed by atoms with Gasteiger partial charge in [0.2, 0.25) is 5.13 Å². The second-order valence-corrected chi connectivity index (χ2v) is 4.80. The Morgan fingerprint density at radius 3 is 3.00 bits per heavy atom. The normalized spacial score (nSPS) is 11.1. The molecule has 0 fully saturated rings. The van der Waals surface area contributed by atoms with Crippen molar-refractivity contribution >= 4 is 40.4 Å². The fourth-order valence-electron chi connectivity index (χ4n) is 1.46. The van der Waals surface area contributed by atoms with Crippen molar-refractivity contribution in [3.8, 4) is 0 Å². The molecule has 2 aromatic rings. The molecule has 0 atom stereocenters. The molecular formula is C13H10N4O4S. The molecule has 112 valence electrons. The molecule has 1 aromatic carbocycles. The van der Waals surface area contributed by atoms with E-state index in [1.54, 1.807) is 24.3 Å². The maximum atomic E-state index is 10.6. The molecule has 1 heterocycles. The van der Waals surface area contributed by atoms with Gasteiger partial charge < -0.3 is 5.11 Å². The van der Waals surface area contributed by atoms with E-state index < -0.39 is 10.9 Å². The van der Waals surface area contributed by atoms with Crippen molar-refractivity contribution in [3.63, 3.8) is 0 Å². The summed E-state index contributed by atoms with van der Waals surface area (Å²) in [5, 5.41) is 25.0. The minimum absolute atomic E-state index is 0.0150. The fraction of sp³-hybridized carbons (Fsp3) is 0. The highest BCUT2D eigenvalue weighted by molar-refractivity contribution is 7.13. The van der Waals surface area contributed by atoms with Gasteiger partial charge in [0.1, 0.15) is 0 Å². The third kappa shape index (κ3) is 4.21. The topological polar surface area (TPSA) is 118 Å². The standard InChI is InChI=1S/C13H10N4O4S/c18-12(19)11-8-22-13(15-11)16-14-6-2-4-9-3-1-5-10(7-9)17(20)21/h1-8H,(H,15,16)(H,18,19)/b4-2+,14-6-. The van der Waals surface area contributed by atoms with Crippen LogP contribution in [-0.2, 0) is 0 Å². The van der Waals surface area contributed by atoms with Crippen molar-refractivity contribution in [2.45, 2.75) is 0 Å². The summed E-state index contributed by atoms with van der Waals surface area (Å²) >= 11 is 1.12. The number of carboxylic acid groups (broad SMARTS) is 1. The van der Waals surface area contributed by atoms with E-state index in [2.05, 4.69) is 15.5 Å². The minimum Gasteiger partial charge on any atom is -0.476 e. The number of hydrogen-bond donors (Lipinski definition) is 2. The van der Waals surface area contributed by atoms with Crippen molar-refractivity contribution in [1.29, 1.82) is 0 Å². The zero-order valence-corrected chi connectivity index (χ0v) is 11.9. The number of benzene rings is 1. The van der Waals surface area contributed by atoms with Crippen molar-refractivity contribution < 1.29 is 14.8 Å². The lowest BCUT2D eigenvalue weighted by molar-refractivity contribution is -0.384. The highest BCUT2D eigenvalue weighted by atomic mass is 32.1. The number of rotatable bonds is 6. The number of hydrazone groups is 1. The largest absolute Gasteiger partial charge is 0.476 e. The molecule has 0 aliphatic heterocycles. The molecule has 9 heteroatoms. The van der Waals surface area contributed by atoms with Crippen molar-refractivity contribution in [1.82, 2.24) is 4.98 Å². The molecule has 0 aliphatic carbocycles. The average Bonchev–Trinajstić information content (AvgIpc) is 2.96. The number of nitro groups is 1. The zero-order valence-electron chi connectivity index (χ0n) is 11.0. The summed E-state index contributed by atoms with van der Waals surface area (Å²) in [6.45, 7) is 0. The van der Waals surface area contributed by atoms with E-state index in [1.807, 2.05) is 0 Å². The summed E-state index contributed by atoms with van der Waals surface area (Å²) in [6.07, 6.45) is 4.68. The molecule has 0 saturated carbocycles. The van der Waals surface area contributed by atoms with Gasteiger partial charge in [-0.05, 0) is 11.6 Å². The summed E-state index contributed by atoms with van der Waals surface area (Å²) in [4.78, 5) is 24.6. The summed E-state index contributed by atoms with van der Waals surface area (Å²) in [7, 11) is 0. The van der Waals surface area contributed by atoms with E-state index in [9.17, 15) is 14.9 Å². The number of aromatic carboxylic acids is 1. The Morgan fingerprint density at radius 1 is 1.50 bits per heavy atom. The summed E-state index contributed by atoms with van der Waals surface area (Å²) in [6, 6.07) is 6.17. The van der Waals surface area contributed by atoms with Crippen LogP contribution in [0.1, 0.15) is 16.1 Å². The number of anilines is 1. The quantitative estimate of drug-likeness (QED) is 0.480.